The SMILES string of the molecule is CC(CCN(C)CCc1ccccn1)C1CCCNC1. The molecule has 0 spiro atoms. The molecule has 2 heterocycles. The molecule has 0 aromatic carbocycles. The van der Waals surface area contributed by atoms with Crippen LogP contribution in [0.2, 0.25) is 0 Å². The Morgan fingerprint density at radius 1 is 1.40 bits per heavy atom. The number of pyridine rings is 1. The Morgan fingerprint density at radius 2 is 2.30 bits per heavy atom. The van der Waals surface area contributed by atoms with Gasteiger partial charge in [-0.1, -0.05) is 13.0 Å². The lowest BCUT2D eigenvalue weighted by atomic mass is 9.85. The van der Waals surface area contributed by atoms with Crippen molar-refractivity contribution in [3.63, 3.8) is 0 Å². The van der Waals surface area contributed by atoms with Gasteiger partial charge in [-0.3, -0.25) is 4.98 Å². The second kappa shape index (κ2) is 8.38. The minimum Gasteiger partial charge on any atom is -0.316 e. The summed E-state index contributed by atoms with van der Waals surface area (Å²) in [7, 11) is 2.23. The van der Waals surface area contributed by atoms with Crippen LogP contribution in [0, 0.1) is 11.8 Å². The van der Waals surface area contributed by atoms with Crippen molar-refractivity contribution in [2.24, 2.45) is 11.8 Å². The van der Waals surface area contributed by atoms with Crippen LogP contribution in [0.5, 0.6) is 0 Å². The van der Waals surface area contributed by atoms with Crippen molar-refractivity contribution in [1.29, 1.82) is 0 Å². The van der Waals surface area contributed by atoms with E-state index in [0.29, 0.717) is 0 Å². The van der Waals surface area contributed by atoms with Crippen molar-refractivity contribution in [2.75, 3.05) is 33.2 Å². The van der Waals surface area contributed by atoms with Gasteiger partial charge in [0, 0.05) is 24.9 Å². The van der Waals surface area contributed by atoms with Crippen molar-refractivity contribution in [2.45, 2.75) is 32.6 Å². The zero-order chi connectivity index (χ0) is 14.2. The lowest BCUT2D eigenvalue weighted by Gasteiger charge is -2.29. The lowest BCUT2D eigenvalue weighted by molar-refractivity contribution is 0.233. The zero-order valence-corrected chi connectivity index (χ0v) is 13.0. The van der Waals surface area contributed by atoms with Crippen LogP contribution in [0.1, 0.15) is 31.9 Å². The third kappa shape index (κ3) is 5.22. The molecule has 112 valence electrons. The maximum Gasteiger partial charge on any atom is 0.0416 e. The number of nitrogens with one attached hydrogen (secondary N) is 1. The van der Waals surface area contributed by atoms with E-state index in [-0.39, 0.29) is 0 Å². The van der Waals surface area contributed by atoms with Gasteiger partial charge in [0.25, 0.3) is 0 Å². The van der Waals surface area contributed by atoms with E-state index in [1.54, 1.807) is 0 Å². The third-order valence-corrected chi connectivity index (χ3v) is 4.58. The van der Waals surface area contributed by atoms with Crippen molar-refractivity contribution in [1.82, 2.24) is 15.2 Å². The summed E-state index contributed by atoms with van der Waals surface area (Å²) < 4.78 is 0. The van der Waals surface area contributed by atoms with E-state index in [1.165, 1.54) is 44.6 Å². The third-order valence-electron chi connectivity index (χ3n) is 4.58. The molecule has 2 unspecified atom stereocenters. The molecule has 1 saturated heterocycles. The average molecular weight is 275 g/mol. The van der Waals surface area contributed by atoms with Crippen molar-refractivity contribution in [3.05, 3.63) is 30.1 Å². The summed E-state index contributed by atoms with van der Waals surface area (Å²) in [5.41, 5.74) is 1.20. The summed E-state index contributed by atoms with van der Waals surface area (Å²) >= 11 is 0. The summed E-state index contributed by atoms with van der Waals surface area (Å²) in [4.78, 5) is 6.83. The maximum atomic E-state index is 4.38. The van der Waals surface area contributed by atoms with Gasteiger partial charge in [-0.15, -0.1) is 0 Å². The fourth-order valence-corrected chi connectivity index (χ4v) is 2.99. The van der Waals surface area contributed by atoms with Crippen LogP contribution in [0.25, 0.3) is 0 Å². The first-order valence-corrected chi connectivity index (χ1v) is 8.05. The van der Waals surface area contributed by atoms with Crippen LogP contribution in [0.4, 0.5) is 0 Å². The van der Waals surface area contributed by atoms with Crippen LogP contribution < -0.4 is 5.32 Å². The topological polar surface area (TPSA) is 28.2 Å². The molecule has 20 heavy (non-hydrogen) atoms. The van der Waals surface area contributed by atoms with Gasteiger partial charge in [0.05, 0.1) is 0 Å². The highest BCUT2D eigenvalue weighted by Gasteiger charge is 2.19. The van der Waals surface area contributed by atoms with Crippen molar-refractivity contribution >= 4 is 0 Å². The Kier molecular flexibility index (Phi) is 6.48. The van der Waals surface area contributed by atoms with Crippen LogP contribution in [0.3, 0.4) is 0 Å². The number of piperidine rings is 1. The average Bonchev–Trinajstić information content (AvgIpc) is 2.52. The summed E-state index contributed by atoms with van der Waals surface area (Å²) in [6.45, 7) is 7.16. The zero-order valence-electron chi connectivity index (χ0n) is 13.0. The molecule has 1 N–H and O–H groups in total. The van der Waals surface area contributed by atoms with Gasteiger partial charge in [0.1, 0.15) is 0 Å². The van der Waals surface area contributed by atoms with Gasteiger partial charge >= 0.3 is 0 Å². The predicted octanol–water partition coefficient (Wildman–Crippen LogP) is 2.58. The molecule has 3 heteroatoms. The van der Waals surface area contributed by atoms with Gasteiger partial charge in [0.2, 0.25) is 0 Å². The normalized spacial score (nSPS) is 21.1. The number of hydrogen-bond donors (Lipinski definition) is 1. The van der Waals surface area contributed by atoms with Crippen LogP contribution in [-0.4, -0.2) is 43.1 Å². The van der Waals surface area contributed by atoms with Crippen molar-refractivity contribution < 1.29 is 0 Å². The molecule has 1 aromatic heterocycles. The smallest absolute Gasteiger partial charge is 0.0416 e. The van der Waals surface area contributed by atoms with Crippen molar-refractivity contribution in [3.8, 4) is 0 Å². The van der Waals surface area contributed by atoms with E-state index in [9.17, 15) is 0 Å². The number of nitrogens with zero attached hydrogens (tertiary/aromatic N) is 2. The fraction of sp³-hybridized carbons (Fsp3) is 0.706. The standard InChI is InChI=1S/C17H29N3/c1-15(16-6-5-10-18-14-16)8-12-20(2)13-9-17-7-3-4-11-19-17/h3-4,7,11,15-16,18H,5-6,8-10,12-14H2,1-2H3. The molecule has 2 atom stereocenters. The van der Waals surface area contributed by atoms with Gasteiger partial charge in [-0.25, -0.2) is 0 Å². The fourth-order valence-electron chi connectivity index (χ4n) is 2.99. The molecule has 0 aliphatic carbocycles. The molecule has 1 fully saturated rings. The summed E-state index contributed by atoms with van der Waals surface area (Å²) in [6, 6.07) is 6.16. The quantitative estimate of drug-likeness (QED) is 0.829. The van der Waals surface area contributed by atoms with Crippen LogP contribution >= 0.6 is 0 Å². The van der Waals surface area contributed by atoms with E-state index in [4.69, 9.17) is 0 Å². The van der Waals surface area contributed by atoms with Crippen LogP contribution in [-0.2, 0) is 6.42 Å². The molecule has 0 saturated carbocycles. The molecule has 2 rings (SSSR count). The molecular formula is C17H29N3. The molecule has 0 amide bonds. The second-order valence-electron chi connectivity index (χ2n) is 6.25. The minimum absolute atomic E-state index is 0.833. The van der Waals surface area contributed by atoms with E-state index in [2.05, 4.69) is 41.3 Å². The minimum atomic E-state index is 0.833. The van der Waals surface area contributed by atoms with Gasteiger partial charge < -0.3 is 10.2 Å². The molecule has 3 nitrogen and oxygen atoms in total. The van der Waals surface area contributed by atoms with E-state index < -0.39 is 0 Å². The maximum absolute atomic E-state index is 4.38. The molecule has 0 radical (unpaired) electrons. The molecular weight excluding hydrogens is 246 g/mol. The Bertz CT molecular complexity index is 360. The number of rotatable bonds is 7. The Morgan fingerprint density at radius 3 is 3.00 bits per heavy atom. The molecule has 0 bridgehead atoms. The molecule has 1 aliphatic rings. The van der Waals surface area contributed by atoms with E-state index in [1.807, 2.05) is 12.3 Å². The summed E-state index contributed by atoms with van der Waals surface area (Å²) in [5, 5.41) is 3.53. The van der Waals surface area contributed by atoms with Gasteiger partial charge in [0.15, 0.2) is 0 Å². The highest BCUT2D eigenvalue weighted by Crippen LogP contribution is 2.22. The van der Waals surface area contributed by atoms with E-state index >= 15 is 0 Å². The number of aromatic nitrogens is 1. The first-order chi connectivity index (χ1) is 9.75. The molecule has 1 aliphatic heterocycles. The second-order valence-corrected chi connectivity index (χ2v) is 6.25. The first-order valence-electron chi connectivity index (χ1n) is 8.05. The van der Waals surface area contributed by atoms with Gasteiger partial charge in [-0.05, 0) is 69.9 Å². The van der Waals surface area contributed by atoms with Crippen LogP contribution in [0.15, 0.2) is 24.4 Å². The summed E-state index contributed by atoms with van der Waals surface area (Å²) in [6.07, 6.45) is 7.01. The number of likely N-dealkylation sites (N-methyl/N-ethyl adjacent to an activating group) is 1. The Balaban J connectivity index is 1.63. The number of hydrogen-bond acceptors (Lipinski definition) is 3. The van der Waals surface area contributed by atoms with E-state index in [0.717, 1.165) is 24.8 Å². The highest BCUT2D eigenvalue weighted by molar-refractivity contribution is 5.03. The Labute approximate surface area is 123 Å². The highest BCUT2D eigenvalue weighted by atomic mass is 15.1. The first kappa shape index (κ1) is 15.5. The summed E-state index contributed by atoms with van der Waals surface area (Å²) in [5.74, 6) is 1.72. The monoisotopic (exact) mass is 275 g/mol. The van der Waals surface area contributed by atoms with Gasteiger partial charge in [-0.2, -0.15) is 0 Å². The largest absolute Gasteiger partial charge is 0.316 e. The lowest BCUT2D eigenvalue weighted by Crippen LogP contribution is -2.34. The Hall–Kier alpha value is -0.930. The predicted molar refractivity (Wildman–Crippen MR) is 84.8 cm³/mol. The molecule has 1 aromatic rings.